The lowest BCUT2D eigenvalue weighted by Crippen LogP contribution is -1.96. The van der Waals surface area contributed by atoms with E-state index in [1.165, 1.54) is 0 Å². The van der Waals surface area contributed by atoms with Gasteiger partial charge in [-0.05, 0) is 12.1 Å². The minimum absolute atomic E-state index is 0.174. The quantitative estimate of drug-likeness (QED) is 0.564. The fourth-order valence-electron chi connectivity index (χ4n) is 0.691. The first-order valence-corrected chi connectivity index (χ1v) is 5.05. The zero-order chi connectivity index (χ0) is 10.2. The van der Waals surface area contributed by atoms with Gasteiger partial charge in [0.25, 0.3) is 0 Å². The zero-order valence-corrected chi connectivity index (χ0v) is 8.22. The molecular formula is C6H2Cl2F2O2S. The fourth-order valence-corrected chi connectivity index (χ4v) is 1.62. The monoisotopic (exact) mass is 246 g/mol. The Morgan fingerprint density at radius 1 is 1.15 bits per heavy atom. The van der Waals surface area contributed by atoms with Crippen molar-refractivity contribution in [3.05, 3.63) is 28.0 Å². The normalized spacial score (nSPS) is 11.7. The van der Waals surface area contributed by atoms with E-state index in [4.69, 9.17) is 23.2 Å². The third kappa shape index (κ3) is 2.30. The van der Waals surface area contributed by atoms with Crippen LogP contribution in [0.4, 0.5) is 8.28 Å². The molecule has 0 aliphatic heterocycles. The van der Waals surface area contributed by atoms with E-state index < -0.39 is 20.9 Å². The highest BCUT2D eigenvalue weighted by Gasteiger charge is 2.19. The number of hydrogen-bond acceptors (Lipinski definition) is 2. The summed E-state index contributed by atoms with van der Waals surface area (Å²) in [6, 6.07) is 1.25. The minimum atomic E-state index is -5.09. The van der Waals surface area contributed by atoms with Crippen LogP contribution in [-0.4, -0.2) is 8.42 Å². The van der Waals surface area contributed by atoms with Crippen LogP contribution >= 0.6 is 23.2 Å². The van der Waals surface area contributed by atoms with Crippen molar-refractivity contribution in [3.8, 4) is 0 Å². The molecule has 72 valence electrons. The van der Waals surface area contributed by atoms with E-state index in [-0.39, 0.29) is 10.0 Å². The molecule has 13 heavy (non-hydrogen) atoms. The highest BCUT2D eigenvalue weighted by molar-refractivity contribution is 7.86. The first-order valence-electron chi connectivity index (χ1n) is 2.91. The number of hydrogen-bond donors (Lipinski definition) is 0. The Morgan fingerprint density at radius 3 is 2.08 bits per heavy atom. The van der Waals surface area contributed by atoms with Crippen LogP contribution in [0.3, 0.4) is 0 Å². The van der Waals surface area contributed by atoms with Gasteiger partial charge in [0.2, 0.25) is 0 Å². The van der Waals surface area contributed by atoms with E-state index in [0.717, 1.165) is 0 Å². The number of halogens is 4. The second-order valence-electron chi connectivity index (χ2n) is 2.13. The summed E-state index contributed by atoms with van der Waals surface area (Å²) in [5.41, 5.74) is 0. The summed E-state index contributed by atoms with van der Waals surface area (Å²) >= 11 is 10.7. The maximum absolute atomic E-state index is 12.8. The molecule has 2 nitrogen and oxygen atoms in total. The molecule has 0 aromatic heterocycles. The van der Waals surface area contributed by atoms with Gasteiger partial charge in [0, 0.05) is 0 Å². The standard InChI is InChI=1S/C6H2Cl2F2O2S/c7-3-1-5(9)6(2-4(3)8)13(10,11)12/h1-2H. The summed E-state index contributed by atoms with van der Waals surface area (Å²) in [6.45, 7) is 0. The fraction of sp³-hybridized carbons (Fsp3) is 0. The second-order valence-corrected chi connectivity index (χ2v) is 4.26. The van der Waals surface area contributed by atoms with Crippen LogP contribution in [0, 0.1) is 5.82 Å². The van der Waals surface area contributed by atoms with Crippen LogP contribution in [0.2, 0.25) is 10.0 Å². The van der Waals surface area contributed by atoms with E-state index in [1.54, 1.807) is 0 Å². The Hall–Kier alpha value is -0.390. The van der Waals surface area contributed by atoms with E-state index >= 15 is 0 Å². The second kappa shape index (κ2) is 3.40. The summed E-state index contributed by atoms with van der Waals surface area (Å²) in [7, 11) is -5.09. The predicted octanol–water partition coefficient (Wildman–Crippen LogP) is 2.79. The van der Waals surface area contributed by atoms with E-state index in [0.29, 0.717) is 12.1 Å². The highest BCUT2D eigenvalue weighted by Crippen LogP contribution is 2.28. The molecule has 0 unspecified atom stereocenters. The van der Waals surface area contributed by atoms with Crippen molar-refractivity contribution in [2.24, 2.45) is 0 Å². The van der Waals surface area contributed by atoms with E-state index in [1.807, 2.05) is 0 Å². The van der Waals surface area contributed by atoms with Crippen molar-refractivity contribution in [2.45, 2.75) is 4.90 Å². The van der Waals surface area contributed by atoms with Crippen molar-refractivity contribution < 1.29 is 16.7 Å². The van der Waals surface area contributed by atoms with Crippen molar-refractivity contribution in [1.82, 2.24) is 0 Å². The third-order valence-corrected chi connectivity index (χ3v) is 2.80. The topological polar surface area (TPSA) is 34.1 Å². The lowest BCUT2D eigenvalue weighted by atomic mass is 10.3. The molecule has 0 heterocycles. The van der Waals surface area contributed by atoms with Crippen molar-refractivity contribution in [2.75, 3.05) is 0 Å². The van der Waals surface area contributed by atoms with E-state index in [2.05, 4.69) is 0 Å². The maximum Gasteiger partial charge on any atom is 0.335 e. The molecule has 1 aromatic rings. The van der Waals surface area contributed by atoms with Crippen LogP contribution in [0.15, 0.2) is 17.0 Å². The van der Waals surface area contributed by atoms with Gasteiger partial charge < -0.3 is 0 Å². The Balaban J connectivity index is 3.50. The molecule has 0 radical (unpaired) electrons. The average Bonchev–Trinajstić information content (AvgIpc) is 1.94. The van der Waals surface area contributed by atoms with Crippen LogP contribution in [-0.2, 0) is 10.2 Å². The predicted molar refractivity (Wildman–Crippen MR) is 44.7 cm³/mol. The molecule has 0 bridgehead atoms. The summed E-state index contributed by atoms with van der Waals surface area (Å²) in [4.78, 5) is -1.11. The molecule has 0 spiro atoms. The molecule has 0 saturated heterocycles. The van der Waals surface area contributed by atoms with Crippen molar-refractivity contribution in [1.29, 1.82) is 0 Å². The van der Waals surface area contributed by atoms with Gasteiger partial charge in [-0.15, -0.1) is 3.89 Å². The van der Waals surface area contributed by atoms with Gasteiger partial charge in [0.15, 0.2) is 0 Å². The molecule has 7 heteroatoms. The van der Waals surface area contributed by atoms with Crippen LogP contribution in [0.25, 0.3) is 0 Å². The minimum Gasteiger partial charge on any atom is -0.205 e. The number of rotatable bonds is 1. The highest BCUT2D eigenvalue weighted by atomic mass is 35.5. The first-order chi connectivity index (χ1) is 5.82. The summed E-state index contributed by atoms with van der Waals surface area (Å²) < 4.78 is 45.7. The lowest BCUT2D eigenvalue weighted by molar-refractivity contribution is 0.533. The van der Waals surface area contributed by atoms with Gasteiger partial charge in [-0.3, -0.25) is 0 Å². The van der Waals surface area contributed by atoms with Crippen LogP contribution < -0.4 is 0 Å². The molecule has 0 atom stereocenters. The SMILES string of the molecule is O=S(=O)(F)c1cc(Cl)c(Cl)cc1F. The molecule has 0 fully saturated rings. The smallest absolute Gasteiger partial charge is 0.205 e. The molecule has 0 N–H and O–H groups in total. The van der Waals surface area contributed by atoms with Gasteiger partial charge in [-0.1, -0.05) is 23.2 Å². The molecule has 0 amide bonds. The molecule has 1 rings (SSSR count). The lowest BCUT2D eigenvalue weighted by Gasteiger charge is -1.99. The van der Waals surface area contributed by atoms with Crippen LogP contribution in [0.1, 0.15) is 0 Å². The van der Waals surface area contributed by atoms with E-state index in [9.17, 15) is 16.7 Å². The molecular weight excluding hydrogens is 245 g/mol. The Labute approximate surface area is 83.3 Å². The maximum atomic E-state index is 12.8. The van der Waals surface area contributed by atoms with Crippen LogP contribution in [0.5, 0.6) is 0 Å². The average molecular weight is 247 g/mol. The van der Waals surface area contributed by atoms with Gasteiger partial charge >= 0.3 is 10.2 Å². The molecule has 0 aliphatic carbocycles. The Kier molecular flexibility index (Phi) is 2.79. The molecule has 1 aromatic carbocycles. The summed E-state index contributed by atoms with van der Waals surface area (Å²) in [5, 5.41) is -0.397. The Bertz CT molecular complexity index is 444. The molecule has 0 saturated carbocycles. The number of benzene rings is 1. The largest absolute Gasteiger partial charge is 0.335 e. The summed E-state index contributed by atoms with van der Waals surface area (Å²) in [5.74, 6) is -1.27. The summed E-state index contributed by atoms with van der Waals surface area (Å²) in [6.07, 6.45) is 0. The van der Waals surface area contributed by atoms with Crippen molar-refractivity contribution in [3.63, 3.8) is 0 Å². The van der Waals surface area contributed by atoms with Gasteiger partial charge in [-0.25, -0.2) is 4.39 Å². The Morgan fingerprint density at radius 2 is 1.62 bits per heavy atom. The zero-order valence-electron chi connectivity index (χ0n) is 5.89. The van der Waals surface area contributed by atoms with Gasteiger partial charge in [-0.2, -0.15) is 8.42 Å². The first kappa shape index (κ1) is 10.7. The van der Waals surface area contributed by atoms with Gasteiger partial charge in [0.05, 0.1) is 10.0 Å². The van der Waals surface area contributed by atoms with Gasteiger partial charge in [0.1, 0.15) is 10.7 Å². The van der Waals surface area contributed by atoms with Crippen molar-refractivity contribution >= 4 is 33.4 Å². The third-order valence-electron chi connectivity index (χ3n) is 1.24. The molecule has 0 aliphatic rings.